The maximum Gasteiger partial charge on any atom is 0.0684 e. The van der Waals surface area contributed by atoms with Crippen molar-refractivity contribution in [3.8, 4) is 0 Å². The Labute approximate surface area is 73.5 Å². The second-order valence-electron chi connectivity index (χ2n) is 2.52. The van der Waals surface area contributed by atoms with Gasteiger partial charge in [0.15, 0.2) is 0 Å². The molecule has 2 heteroatoms. The Hall–Kier alpha value is -0.530. The number of aliphatic hydroxyl groups is 1. The molecule has 0 aliphatic heterocycles. The Bertz CT molecular complexity index is 233. The van der Waals surface area contributed by atoms with E-state index in [2.05, 4.69) is 13.0 Å². The van der Waals surface area contributed by atoms with Gasteiger partial charge in [-0.2, -0.15) is 0 Å². The summed E-state index contributed by atoms with van der Waals surface area (Å²) in [5.41, 5.74) is 3.47. The van der Waals surface area contributed by atoms with Crippen LogP contribution in [-0.2, 0) is 6.61 Å². The number of aryl methyl sites for hydroxylation is 1. The lowest BCUT2D eigenvalue weighted by Gasteiger charge is -2.03. The Kier molecular flexibility index (Phi) is 4.16. The van der Waals surface area contributed by atoms with Crippen molar-refractivity contribution in [3.63, 3.8) is 0 Å². The highest BCUT2D eigenvalue weighted by Gasteiger charge is 1.96. The molecule has 62 valence electrons. The first-order valence-electron chi connectivity index (χ1n) is 3.41. The predicted molar refractivity (Wildman–Crippen MR) is 49.1 cm³/mol. The Morgan fingerprint density at radius 1 is 1.27 bits per heavy atom. The average molecular weight is 173 g/mol. The third kappa shape index (κ3) is 2.21. The molecule has 0 radical (unpaired) electrons. The zero-order valence-corrected chi connectivity index (χ0v) is 7.61. The van der Waals surface area contributed by atoms with Gasteiger partial charge >= 0.3 is 0 Å². The van der Waals surface area contributed by atoms with Crippen molar-refractivity contribution in [2.75, 3.05) is 0 Å². The van der Waals surface area contributed by atoms with Crippen LogP contribution >= 0.6 is 12.4 Å². The maximum absolute atomic E-state index is 8.84. The van der Waals surface area contributed by atoms with E-state index in [4.69, 9.17) is 5.11 Å². The van der Waals surface area contributed by atoms with Gasteiger partial charge < -0.3 is 5.11 Å². The highest BCUT2D eigenvalue weighted by atomic mass is 35.5. The molecule has 0 heterocycles. The lowest BCUT2D eigenvalue weighted by atomic mass is 10.0. The van der Waals surface area contributed by atoms with E-state index in [1.165, 1.54) is 11.1 Å². The van der Waals surface area contributed by atoms with E-state index in [1.54, 1.807) is 0 Å². The smallest absolute Gasteiger partial charge is 0.0684 e. The minimum atomic E-state index is 0. The molecule has 0 aromatic heterocycles. The van der Waals surface area contributed by atoms with Gasteiger partial charge in [-0.15, -0.1) is 12.4 Å². The molecule has 1 nitrogen and oxygen atoms in total. The molecule has 11 heavy (non-hydrogen) atoms. The van der Waals surface area contributed by atoms with Gasteiger partial charge in [0.25, 0.3) is 0 Å². The highest BCUT2D eigenvalue weighted by Crippen LogP contribution is 2.11. The molecule has 1 aromatic rings. The summed E-state index contributed by atoms with van der Waals surface area (Å²) in [6.45, 7) is 4.23. The lowest BCUT2D eigenvalue weighted by Crippen LogP contribution is -1.90. The quantitative estimate of drug-likeness (QED) is 0.689. The Morgan fingerprint density at radius 2 is 1.91 bits per heavy atom. The molecule has 0 unspecified atom stereocenters. The number of benzene rings is 1. The standard InChI is InChI=1S/C9H12O.ClH/c1-7-4-3-5-9(6-10)8(7)2;/h3-5,10H,6H2,1-2H3;1H. The van der Waals surface area contributed by atoms with Crippen LogP contribution in [0.3, 0.4) is 0 Å². The molecule has 1 aromatic carbocycles. The van der Waals surface area contributed by atoms with Crippen molar-refractivity contribution in [1.82, 2.24) is 0 Å². The fourth-order valence-electron chi connectivity index (χ4n) is 0.983. The van der Waals surface area contributed by atoms with Gasteiger partial charge in [-0.3, -0.25) is 0 Å². The van der Waals surface area contributed by atoms with Crippen LogP contribution in [0.1, 0.15) is 16.7 Å². The van der Waals surface area contributed by atoms with Crippen LogP contribution in [0.2, 0.25) is 0 Å². The molecule has 0 spiro atoms. The lowest BCUT2D eigenvalue weighted by molar-refractivity contribution is 0.281. The summed E-state index contributed by atoms with van der Waals surface area (Å²) >= 11 is 0. The van der Waals surface area contributed by atoms with Crippen molar-refractivity contribution >= 4 is 12.4 Å². The summed E-state index contributed by atoms with van der Waals surface area (Å²) in [7, 11) is 0. The van der Waals surface area contributed by atoms with Crippen LogP contribution in [0.25, 0.3) is 0 Å². The van der Waals surface area contributed by atoms with Crippen LogP contribution in [-0.4, -0.2) is 5.11 Å². The largest absolute Gasteiger partial charge is 0.392 e. The maximum atomic E-state index is 8.84. The highest BCUT2D eigenvalue weighted by molar-refractivity contribution is 5.85. The summed E-state index contributed by atoms with van der Waals surface area (Å²) in [6.07, 6.45) is 0. The van der Waals surface area contributed by atoms with Crippen molar-refractivity contribution < 1.29 is 5.11 Å². The molecule has 1 rings (SSSR count). The van der Waals surface area contributed by atoms with E-state index in [9.17, 15) is 0 Å². The van der Waals surface area contributed by atoms with Crippen LogP contribution in [0.15, 0.2) is 18.2 Å². The summed E-state index contributed by atoms with van der Waals surface area (Å²) in [5.74, 6) is 0. The molecule has 0 fully saturated rings. The first-order chi connectivity index (χ1) is 4.75. The SMILES string of the molecule is Cc1cccc(CO)c1C.Cl. The molecule has 1 N–H and O–H groups in total. The summed E-state index contributed by atoms with van der Waals surface area (Å²) in [4.78, 5) is 0. The topological polar surface area (TPSA) is 20.2 Å². The average Bonchev–Trinajstić information content (AvgIpc) is 1.95. The van der Waals surface area contributed by atoms with E-state index in [1.807, 2.05) is 19.1 Å². The molecule has 0 bridgehead atoms. The van der Waals surface area contributed by atoms with Gasteiger partial charge in [0.05, 0.1) is 6.61 Å². The van der Waals surface area contributed by atoms with Crippen molar-refractivity contribution in [1.29, 1.82) is 0 Å². The predicted octanol–water partition coefficient (Wildman–Crippen LogP) is 2.22. The number of hydrogen-bond donors (Lipinski definition) is 1. The van der Waals surface area contributed by atoms with Crippen LogP contribution < -0.4 is 0 Å². The minimum Gasteiger partial charge on any atom is -0.392 e. The summed E-state index contributed by atoms with van der Waals surface area (Å²) in [6, 6.07) is 5.96. The van der Waals surface area contributed by atoms with Crippen LogP contribution in [0, 0.1) is 13.8 Å². The fourth-order valence-corrected chi connectivity index (χ4v) is 0.983. The van der Waals surface area contributed by atoms with E-state index < -0.39 is 0 Å². The summed E-state index contributed by atoms with van der Waals surface area (Å²) in [5, 5.41) is 8.84. The first kappa shape index (κ1) is 10.5. The second-order valence-corrected chi connectivity index (χ2v) is 2.52. The van der Waals surface area contributed by atoms with Crippen LogP contribution in [0.4, 0.5) is 0 Å². The number of halogens is 1. The Balaban J connectivity index is 0.000001000. The Morgan fingerprint density at radius 3 is 2.36 bits per heavy atom. The normalized spacial score (nSPS) is 9.00. The second kappa shape index (κ2) is 4.37. The zero-order chi connectivity index (χ0) is 7.56. The molecule has 0 atom stereocenters. The van der Waals surface area contributed by atoms with Crippen LogP contribution in [0.5, 0.6) is 0 Å². The monoisotopic (exact) mass is 172 g/mol. The van der Waals surface area contributed by atoms with Gasteiger partial charge in [0.2, 0.25) is 0 Å². The van der Waals surface area contributed by atoms with Gasteiger partial charge in [-0.25, -0.2) is 0 Å². The van der Waals surface area contributed by atoms with E-state index in [-0.39, 0.29) is 19.0 Å². The third-order valence-electron chi connectivity index (χ3n) is 1.89. The first-order valence-corrected chi connectivity index (χ1v) is 3.41. The molecular formula is C9H13ClO. The molecule has 0 saturated carbocycles. The number of hydrogen-bond acceptors (Lipinski definition) is 1. The molecule has 0 saturated heterocycles. The van der Waals surface area contributed by atoms with Gasteiger partial charge in [-0.05, 0) is 30.5 Å². The van der Waals surface area contributed by atoms with Gasteiger partial charge in [0, 0.05) is 0 Å². The van der Waals surface area contributed by atoms with Crippen molar-refractivity contribution in [3.05, 3.63) is 34.9 Å². The molecular weight excluding hydrogens is 160 g/mol. The number of rotatable bonds is 1. The van der Waals surface area contributed by atoms with Crippen molar-refractivity contribution in [2.24, 2.45) is 0 Å². The minimum absolute atomic E-state index is 0. The van der Waals surface area contributed by atoms with Gasteiger partial charge in [0.1, 0.15) is 0 Å². The van der Waals surface area contributed by atoms with E-state index >= 15 is 0 Å². The molecule has 0 aliphatic carbocycles. The zero-order valence-electron chi connectivity index (χ0n) is 6.79. The third-order valence-corrected chi connectivity index (χ3v) is 1.89. The summed E-state index contributed by atoms with van der Waals surface area (Å²) < 4.78 is 0. The van der Waals surface area contributed by atoms with Crippen molar-refractivity contribution in [2.45, 2.75) is 20.5 Å². The number of aliphatic hydroxyl groups excluding tert-OH is 1. The molecule has 0 aliphatic rings. The van der Waals surface area contributed by atoms with E-state index in [0.29, 0.717) is 0 Å². The molecule has 0 amide bonds. The fraction of sp³-hybridized carbons (Fsp3) is 0.333. The van der Waals surface area contributed by atoms with E-state index in [0.717, 1.165) is 5.56 Å². The van der Waals surface area contributed by atoms with Gasteiger partial charge in [-0.1, -0.05) is 18.2 Å².